The van der Waals surface area contributed by atoms with Gasteiger partial charge in [0, 0.05) is 23.9 Å². The first-order chi connectivity index (χ1) is 19.5. The minimum atomic E-state index is -0.619. The molecule has 3 N–H and O–H groups in total. The van der Waals surface area contributed by atoms with Crippen LogP contribution in [0.15, 0.2) is 21.0 Å². The van der Waals surface area contributed by atoms with Crippen LogP contribution < -0.4 is 21.1 Å². The molecule has 4 saturated carbocycles. The third-order valence-corrected chi connectivity index (χ3v) is 13.8. The summed E-state index contributed by atoms with van der Waals surface area (Å²) < 4.78 is 10.9. The predicted molar refractivity (Wildman–Crippen MR) is 159 cm³/mol. The van der Waals surface area contributed by atoms with Crippen molar-refractivity contribution in [3.63, 3.8) is 0 Å². The average molecular weight is 583 g/mol. The molecule has 9 atom stereocenters. The number of nitrogens with zero attached hydrogens (tertiary/aromatic N) is 1. The second-order valence-electron chi connectivity index (χ2n) is 16.3. The first kappa shape index (κ1) is 29.5. The third-order valence-electron chi connectivity index (χ3n) is 13.8. The first-order valence-corrected chi connectivity index (χ1v) is 16.0. The number of aromatic nitrogens is 2. The van der Waals surface area contributed by atoms with Crippen LogP contribution in [0.2, 0.25) is 0 Å². The van der Waals surface area contributed by atoms with Gasteiger partial charge < -0.3 is 15.4 Å². The largest absolute Gasteiger partial charge is 0.459 e. The minimum absolute atomic E-state index is 0.0621. The van der Waals surface area contributed by atoms with E-state index in [2.05, 4.69) is 79.8 Å². The van der Waals surface area contributed by atoms with Crippen molar-refractivity contribution in [2.45, 2.75) is 118 Å². The Morgan fingerprint density at radius 2 is 1.71 bits per heavy atom. The number of hydrogen-bond acceptors (Lipinski definition) is 6. The van der Waals surface area contributed by atoms with Crippen LogP contribution in [-0.2, 0) is 4.79 Å². The third kappa shape index (κ3) is 4.00. The molecule has 232 valence electrons. The number of amides is 2. The van der Waals surface area contributed by atoms with Gasteiger partial charge in [-0.1, -0.05) is 47.1 Å². The van der Waals surface area contributed by atoms with E-state index in [-0.39, 0.29) is 68.5 Å². The summed E-state index contributed by atoms with van der Waals surface area (Å²) in [6.45, 7) is 16.4. The number of nitrogens with one attached hydrogen (secondary N) is 3. The summed E-state index contributed by atoms with van der Waals surface area (Å²) in [5.41, 5.74) is 0.563. The van der Waals surface area contributed by atoms with Crippen LogP contribution in [0, 0.1) is 44.8 Å². The van der Waals surface area contributed by atoms with Gasteiger partial charge in [0.1, 0.15) is 6.10 Å². The topological polar surface area (TPSA) is 126 Å². The second-order valence-corrected chi connectivity index (χ2v) is 16.3. The standard InChI is InChI=1S/C33H50N4O5/c1-28(2)22-9-12-33(7)24(31(22,5)11-10-23(28)41-26-35-27(40)42-37-26)21(38)17-19-20-18-30(4,36-25(39)34-8)15-13-29(20,3)14-16-32(19,33)6/h17,20,22-24H,9-16,18H2,1-8H3,(H2,34,36,39)(H,35,37,40)/t20-,22-,23-,24+,29+,30-,31-,32+,33+/m0/s1. The summed E-state index contributed by atoms with van der Waals surface area (Å²) in [5, 5.41) is 9.74. The number of hydrogen-bond donors (Lipinski definition) is 3. The van der Waals surface area contributed by atoms with Crippen LogP contribution in [0.3, 0.4) is 0 Å². The Kier molecular flexibility index (Phi) is 6.47. The van der Waals surface area contributed by atoms with Crippen molar-refractivity contribution in [3.8, 4) is 6.01 Å². The summed E-state index contributed by atoms with van der Waals surface area (Å²) in [5.74, 6) is 0.166. The summed E-state index contributed by atoms with van der Waals surface area (Å²) in [6.07, 6.45) is 10.7. The van der Waals surface area contributed by atoms with Crippen LogP contribution in [0.5, 0.6) is 6.01 Å². The van der Waals surface area contributed by atoms with E-state index in [0.717, 1.165) is 57.8 Å². The number of aromatic amines is 1. The molecule has 0 saturated heterocycles. The second kappa shape index (κ2) is 9.21. The molecular weight excluding hydrogens is 532 g/mol. The molecule has 6 rings (SSSR count). The number of carbonyl (C=O) groups excluding carboxylic acids is 2. The van der Waals surface area contributed by atoms with Crippen molar-refractivity contribution < 1.29 is 18.8 Å². The molecule has 1 aromatic rings. The molecule has 9 nitrogen and oxygen atoms in total. The highest BCUT2D eigenvalue weighted by Gasteiger charge is 2.70. The van der Waals surface area contributed by atoms with Crippen LogP contribution in [0.25, 0.3) is 0 Å². The highest BCUT2D eigenvalue weighted by atomic mass is 16.6. The summed E-state index contributed by atoms with van der Waals surface area (Å²) in [6, 6.07) is -0.00412. The number of H-pyrrole nitrogens is 1. The molecule has 0 spiro atoms. The Hall–Kier alpha value is -2.58. The number of fused-ring (bicyclic) bond motifs is 7. The fraction of sp³-hybridized carbons (Fsp3) is 0.818. The van der Waals surface area contributed by atoms with Crippen molar-refractivity contribution in [2.75, 3.05) is 7.05 Å². The Balaban J connectivity index is 1.35. The number of ketones is 1. The monoisotopic (exact) mass is 582 g/mol. The smallest absolute Gasteiger partial charge is 0.441 e. The fourth-order valence-corrected chi connectivity index (χ4v) is 11.2. The lowest BCUT2D eigenvalue weighted by Gasteiger charge is -2.70. The van der Waals surface area contributed by atoms with Gasteiger partial charge in [-0.2, -0.15) is 0 Å². The number of rotatable bonds is 3. The van der Waals surface area contributed by atoms with Crippen LogP contribution in [-0.4, -0.2) is 40.6 Å². The molecule has 0 aliphatic heterocycles. The Labute approximate surface area is 249 Å². The number of ether oxygens (including phenoxy) is 1. The summed E-state index contributed by atoms with van der Waals surface area (Å²) in [4.78, 5) is 41.0. The van der Waals surface area contributed by atoms with E-state index in [4.69, 9.17) is 4.74 Å². The van der Waals surface area contributed by atoms with Crippen molar-refractivity contribution in [3.05, 3.63) is 22.2 Å². The van der Waals surface area contributed by atoms with Crippen molar-refractivity contribution in [2.24, 2.45) is 44.8 Å². The zero-order valence-corrected chi connectivity index (χ0v) is 26.7. The molecule has 2 amide bonds. The lowest BCUT2D eigenvalue weighted by atomic mass is 9.33. The van der Waals surface area contributed by atoms with E-state index >= 15 is 0 Å². The molecule has 0 aromatic carbocycles. The van der Waals surface area contributed by atoms with Gasteiger partial charge >= 0.3 is 17.8 Å². The predicted octanol–water partition coefficient (Wildman–Crippen LogP) is 5.77. The van der Waals surface area contributed by atoms with E-state index in [1.165, 1.54) is 5.57 Å². The Morgan fingerprint density at radius 3 is 2.38 bits per heavy atom. The van der Waals surface area contributed by atoms with Gasteiger partial charge in [0.15, 0.2) is 5.78 Å². The molecule has 0 bridgehead atoms. The molecular formula is C33H50N4O5. The maximum absolute atomic E-state index is 14.6. The zero-order valence-electron chi connectivity index (χ0n) is 26.7. The van der Waals surface area contributed by atoms with Gasteiger partial charge in [-0.25, -0.2) is 14.6 Å². The van der Waals surface area contributed by atoms with E-state index in [9.17, 15) is 14.4 Å². The Bertz CT molecular complexity index is 1380. The number of allylic oxidation sites excluding steroid dienone is 2. The maximum Gasteiger partial charge on any atom is 0.441 e. The van der Waals surface area contributed by atoms with Gasteiger partial charge in [0.25, 0.3) is 0 Å². The van der Waals surface area contributed by atoms with E-state index in [0.29, 0.717) is 5.78 Å². The minimum Gasteiger partial charge on any atom is -0.459 e. The van der Waals surface area contributed by atoms with E-state index in [1.807, 2.05) is 0 Å². The van der Waals surface area contributed by atoms with Crippen LogP contribution >= 0.6 is 0 Å². The lowest BCUT2D eigenvalue weighted by Crippen LogP contribution is -2.67. The van der Waals surface area contributed by atoms with Crippen molar-refractivity contribution >= 4 is 11.8 Å². The number of carbonyl (C=O) groups is 2. The normalized spacial score (nSPS) is 45.8. The molecule has 5 aliphatic rings. The first-order valence-electron chi connectivity index (χ1n) is 16.0. The average Bonchev–Trinajstić information content (AvgIpc) is 3.32. The fourth-order valence-electron chi connectivity index (χ4n) is 11.2. The van der Waals surface area contributed by atoms with Crippen molar-refractivity contribution in [1.29, 1.82) is 0 Å². The van der Waals surface area contributed by atoms with Crippen LogP contribution in [0.1, 0.15) is 106 Å². The van der Waals surface area contributed by atoms with Gasteiger partial charge in [-0.05, 0) is 109 Å². The molecule has 0 radical (unpaired) electrons. The highest BCUT2D eigenvalue weighted by Crippen LogP contribution is 2.74. The molecule has 4 fully saturated rings. The van der Waals surface area contributed by atoms with Crippen LogP contribution in [0.4, 0.5) is 4.79 Å². The molecule has 9 heteroatoms. The molecule has 1 aromatic heterocycles. The highest BCUT2D eigenvalue weighted by molar-refractivity contribution is 5.95. The zero-order chi connectivity index (χ0) is 30.5. The molecule has 5 aliphatic carbocycles. The van der Waals surface area contributed by atoms with Gasteiger partial charge in [-0.15, -0.1) is 0 Å². The molecule has 42 heavy (non-hydrogen) atoms. The summed E-state index contributed by atoms with van der Waals surface area (Å²) in [7, 11) is 1.67. The molecule has 1 heterocycles. The van der Waals surface area contributed by atoms with E-state index < -0.39 is 5.76 Å². The van der Waals surface area contributed by atoms with E-state index in [1.54, 1.807) is 7.05 Å². The van der Waals surface area contributed by atoms with Gasteiger partial charge in [0.2, 0.25) is 0 Å². The van der Waals surface area contributed by atoms with Crippen molar-refractivity contribution in [1.82, 2.24) is 20.8 Å². The molecule has 0 unspecified atom stereocenters. The number of urea groups is 1. The summed E-state index contributed by atoms with van der Waals surface area (Å²) >= 11 is 0. The maximum atomic E-state index is 14.6. The van der Waals surface area contributed by atoms with Gasteiger partial charge in [0.05, 0.1) is 0 Å². The van der Waals surface area contributed by atoms with Gasteiger partial charge in [-0.3, -0.25) is 9.32 Å². The quantitative estimate of drug-likeness (QED) is 0.415. The lowest BCUT2D eigenvalue weighted by molar-refractivity contribution is -0.199. The SMILES string of the molecule is CNC(=O)N[C@@]1(C)CC[C@]2(C)CC[C@]3(C)C(=CC(=O)[C@@H]4[C@@]5(C)CC[C@H](Oc6noc(=O)[nH]6)C(C)(C)[C@@H]5CC[C@]43C)[C@@H]2C1. The Morgan fingerprint density at radius 1 is 1.00 bits per heavy atom.